The second kappa shape index (κ2) is 10.6. The number of methoxy groups -OCH3 is 1. The van der Waals surface area contributed by atoms with Crippen molar-refractivity contribution in [2.24, 2.45) is 56.7 Å². The molecule has 0 aliphatic heterocycles. The number of allylic oxidation sites excluding steroid dienone is 1. The van der Waals surface area contributed by atoms with Crippen molar-refractivity contribution < 1.29 is 19.1 Å². The lowest BCUT2D eigenvalue weighted by Gasteiger charge is -2.72. The van der Waals surface area contributed by atoms with Crippen LogP contribution in [0.3, 0.4) is 0 Å². The molecule has 1 aromatic carbocycles. The van der Waals surface area contributed by atoms with E-state index in [4.69, 9.17) is 9.47 Å². The number of carbonyl (C=O) groups is 2. The van der Waals surface area contributed by atoms with Gasteiger partial charge in [0.2, 0.25) is 5.91 Å². The zero-order valence-corrected chi connectivity index (χ0v) is 28.7. The average molecular weight is 604 g/mol. The van der Waals surface area contributed by atoms with Gasteiger partial charge in [-0.3, -0.25) is 9.59 Å². The van der Waals surface area contributed by atoms with Gasteiger partial charge in [-0.25, -0.2) is 0 Å². The van der Waals surface area contributed by atoms with Crippen LogP contribution in [0, 0.1) is 56.7 Å². The Bertz CT molecular complexity index is 1320. The first kappa shape index (κ1) is 31.7. The van der Waals surface area contributed by atoms with Crippen molar-refractivity contribution in [3.05, 3.63) is 36.4 Å². The average Bonchev–Trinajstić information content (AvgIpc) is 3.37. The molecule has 1 aromatic rings. The van der Waals surface area contributed by atoms with Crippen molar-refractivity contribution in [2.45, 2.75) is 119 Å². The molecular formula is C39H57NO4. The predicted molar refractivity (Wildman–Crippen MR) is 176 cm³/mol. The number of hydrogen-bond donors (Lipinski definition) is 1. The van der Waals surface area contributed by atoms with E-state index < -0.39 is 0 Å². The lowest BCUT2D eigenvalue weighted by atomic mass is 9.32. The Balaban J connectivity index is 1.33. The number of esters is 1. The van der Waals surface area contributed by atoms with Crippen molar-refractivity contribution in [1.29, 1.82) is 0 Å². The number of amides is 1. The van der Waals surface area contributed by atoms with Gasteiger partial charge in [0, 0.05) is 18.0 Å². The Hall–Kier alpha value is -2.30. The first-order valence-corrected chi connectivity index (χ1v) is 17.4. The lowest BCUT2D eigenvalue weighted by Crippen LogP contribution is -2.67. The standard InChI is InChI=1S/C39H57NO4/c1-24(2)28-16-21-39(34(42)40-26-10-12-27(43-9)13-11-26)23-22-37(7)29(33(28)39)14-15-31-36(6)19-18-32(44-25(3)41)35(4,5)30(36)17-20-38(31,37)8/h10-13,28-33H,1,14-23H2,2-9H3,(H,40,42)/t28-,29?,30?,31?,32-,33?,36-,37+,38+,39-/m0/s1. The van der Waals surface area contributed by atoms with Crippen LogP contribution in [-0.2, 0) is 14.3 Å². The van der Waals surface area contributed by atoms with Gasteiger partial charge in [0.25, 0.3) is 0 Å². The lowest BCUT2D eigenvalue weighted by molar-refractivity contribution is -0.248. The first-order valence-electron chi connectivity index (χ1n) is 17.4. The molecular weight excluding hydrogens is 546 g/mol. The Kier molecular flexibility index (Phi) is 7.65. The SMILES string of the molecule is C=C(C)[C@@H]1CC[C@]2(C(=O)Nc3ccc(OC)cc3)CC[C@]3(C)C(CCC4[C@@]5(C)CC[C@H](OC(C)=O)C(C)(C)C5CC[C@]43C)C12. The van der Waals surface area contributed by atoms with Crippen molar-refractivity contribution >= 4 is 17.6 Å². The molecule has 44 heavy (non-hydrogen) atoms. The van der Waals surface area contributed by atoms with Crippen LogP contribution >= 0.6 is 0 Å². The van der Waals surface area contributed by atoms with Crippen molar-refractivity contribution in [3.8, 4) is 5.75 Å². The van der Waals surface area contributed by atoms with Crippen molar-refractivity contribution in [2.75, 3.05) is 12.4 Å². The molecule has 0 saturated heterocycles. The van der Waals surface area contributed by atoms with Crippen LogP contribution in [0.4, 0.5) is 5.69 Å². The Morgan fingerprint density at radius 1 is 0.818 bits per heavy atom. The summed E-state index contributed by atoms with van der Waals surface area (Å²) in [7, 11) is 1.67. The summed E-state index contributed by atoms with van der Waals surface area (Å²) in [6, 6.07) is 7.77. The maximum Gasteiger partial charge on any atom is 0.302 e. The molecule has 5 nitrogen and oxygen atoms in total. The van der Waals surface area contributed by atoms with E-state index in [-0.39, 0.29) is 45.1 Å². The van der Waals surface area contributed by atoms with Crippen LogP contribution in [0.2, 0.25) is 0 Å². The molecule has 5 heteroatoms. The van der Waals surface area contributed by atoms with Gasteiger partial charge in [0.05, 0.1) is 12.5 Å². The van der Waals surface area contributed by atoms with Gasteiger partial charge in [0.15, 0.2) is 0 Å². The molecule has 6 rings (SSSR count). The zero-order valence-electron chi connectivity index (χ0n) is 28.7. The molecule has 0 radical (unpaired) electrons. The van der Waals surface area contributed by atoms with Crippen LogP contribution in [0.5, 0.6) is 5.75 Å². The third-order valence-electron chi connectivity index (χ3n) is 15.1. The van der Waals surface area contributed by atoms with E-state index in [0.29, 0.717) is 29.6 Å². The molecule has 0 bridgehead atoms. The summed E-state index contributed by atoms with van der Waals surface area (Å²) in [5.41, 5.74) is 2.35. The van der Waals surface area contributed by atoms with Gasteiger partial charge >= 0.3 is 5.97 Å². The van der Waals surface area contributed by atoms with Crippen molar-refractivity contribution in [1.82, 2.24) is 0 Å². The fourth-order valence-corrected chi connectivity index (χ4v) is 12.9. The number of anilines is 1. The number of hydrogen-bond acceptors (Lipinski definition) is 4. The third kappa shape index (κ3) is 4.37. The van der Waals surface area contributed by atoms with E-state index in [0.717, 1.165) is 50.0 Å². The maximum atomic E-state index is 14.4. The quantitative estimate of drug-likeness (QED) is 0.269. The largest absolute Gasteiger partial charge is 0.497 e. The third-order valence-corrected chi connectivity index (χ3v) is 15.1. The van der Waals surface area contributed by atoms with E-state index in [1.54, 1.807) is 14.0 Å². The summed E-state index contributed by atoms with van der Waals surface area (Å²) in [5.74, 6) is 3.28. The first-order chi connectivity index (χ1) is 20.6. The topological polar surface area (TPSA) is 64.6 Å². The molecule has 5 aliphatic rings. The minimum absolute atomic E-state index is 0.00341. The molecule has 5 saturated carbocycles. The second-order valence-electron chi connectivity index (χ2n) is 17.0. The van der Waals surface area contributed by atoms with Crippen molar-refractivity contribution in [3.63, 3.8) is 0 Å². The number of nitrogens with one attached hydrogen (secondary N) is 1. The number of carbonyl (C=O) groups excluding carboxylic acids is 2. The Labute approximate surface area is 266 Å². The van der Waals surface area contributed by atoms with Crippen LogP contribution in [-0.4, -0.2) is 25.1 Å². The molecule has 5 aliphatic carbocycles. The van der Waals surface area contributed by atoms with Gasteiger partial charge in [-0.2, -0.15) is 0 Å². The number of fused-ring (bicyclic) bond motifs is 7. The molecule has 0 aromatic heterocycles. The Morgan fingerprint density at radius 2 is 1.52 bits per heavy atom. The summed E-state index contributed by atoms with van der Waals surface area (Å²) in [4.78, 5) is 26.5. The fourth-order valence-electron chi connectivity index (χ4n) is 12.9. The van der Waals surface area contributed by atoms with E-state index in [2.05, 4.69) is 53.4 Å². The summed E-state index contributed by atoms with van der Waals surface area (Å²) in [6.45, 7) is 20.9. The van der Waals surface area contributed by atoms with Gasteiger partial charge in [0.1, 0.15) is 11.9 Å². The second-order valence-corrected chi connectivity index (χ2v) is 17.0. The zero-order chi connectivity index (χ0) is 31.9. The molecule has 10 atom stereocenters. The molecule has 1 amide bonds. The smallest absolute Gasteiger partial charge is 0.302 e. The van der Waals surface area contributed by atoms with Gasteiger partial charge in [-0.1, -0.05) is 46.8 Å². The van der Waals surface area contributed by atoms with Gasteiger partial charge in [-0.05, 0) is 141 Å². The Morgan fingerprint density at radius 3 is 2.16 bits per heavy atom. The fraction of sp³-hybridized carbons (Fsp3) is 0.744. The summed E-state index contributed by atoms with van der Waals surface area (Å²) < 4.78 is 11.3. The predicted octanol–water partition coefficient (Wildman–Crippen LogP) is 9.22. The van der Waals surface area contributed by atoms with E-state index in [9.17, 15) is 9.59 Å². The summed E-state index contributed by atoms with van der Waals surface area (Å²) >= 11 is 0. The molecule has 1 N–H and O–H groups in total. The van der Waals surface area contributed by atoms with Crippen LogP contribution in [0.15, 0.2) is 36.4 Å². The maximum absolute atomic E-state index is 14.4. The van der Waals surface area contributed by atoms with Crippen LogP contribution < -0.4 is 10.1 Å². The molecule has 0 spiro atoms. The summed E-state index contributed by atoms with van der Waals surface area (Å²) in [5, 5.41) is 3.37. The van der Waals surface area contributed by atoms with Gasteiger partial charge in [-0.15, -0.1) is 0 Å². The van der Waals surface area contributed by atoms with Crippen LogP contribution in [0.25, 0.3) is 0 Å². The minimum atomic E-state index is -0.345. The molecule has 242 valence electrons. The molecule has 0 heterocycles. The monoisotopic (exact) mass is 603 g/mol. The van der Waals surface area contributed by atoms with Crippen LogP contribution in [0.1, 0.15) is 113 Å². The van der Waals surface area contributed by atoms with Gasteiger partial charge < -0.3 is 14.8 Å². The van der Waals surface area contributed by atoms with E-state index >= 15 is 0 Å². The normalized spacial score (nSPS) is 43.8. The highest BCUT2D eigenvalue weighted by atomic mass is 16.5. The summed E-state index contributed by atoms with van der Waals surface area (Å²) in [6.07, 6.45) is 11.0. The highest BCUT2D eigenvalue weighted by Gasteiger charge is 2.72. The highest BCUT2D eigenvalue weighted by Crippen LogP contribution is 2.77. The number of ether oxygens (including phenoxy) is 2. The van der Waals surface area contributed by atoms with E-state index in [1.807, 2.05) is 24.3 Å². The highest BCUT2D eigenvalue weighted by molar-refractivity contribution is 5.96. The van der Waals surface area contributed by atoms with E-state index in [1.165, 1.54) is 31.3 Å². The number of rotatable bonds is 5. The molecule has 5 fully saturated rings. The minimum Gasteiger partial charge on any atom is -0.497 e. The number of benzene rings is 1. The molecule has 4 unspecified atom stereocenters.